The van der Waals surface area contributed by atoms with Crippen molar-refractivity contribution in [3.8, 4) is 0 Å². The Balaban J connectivity index is 2.47. The minimum Gasteiger partial charge on any atom is -0.452 e. The van der Waals surface area contributed by atoms with Crippen molar-refractivity contribution in [1.82, 2.24) is 10.6 Å². The lowest BCUT2D eigenvalue weighted by Crippen LogP contribution is -2.46. The van der Waals surface area contributed by atoms with E-state index >= 15 is 0 Å². The van der Waals surface area contributed by atoms with Crippen molar-refractivity contribution in [3.63, 3.8) is 0 Å². The molecule has 0 aliphatic rings. The third-order valence-corrected chi connectivity index (χ3v) is 3.18. The molecule has 0 heterocycles. The number of carbonyl (C=O) groups is 3. The summed E-state index contributed by atoms with van der Waals surface area (Å²) in [4.78, 5) is 34.6. The number of nitrogens with one attached hydrogen (secondary N) is 2. The molecular weight excluding hydrogens is 339 g/mol. The van der Waals surface area contributed by atoms with Gasteiger partial charge in [-0.05, 0) is 32.1 Å². The van der Waals surface area contributed by atoms with Crippen LogP contribution in [0.15, 0.2) is 24.3 Å². The van der Waals surface area contributed by atoms with Gasteiger partial charge in [-0.1, -0.05) is 17.7 Å². The molecular formula is C16H18ClFN2O4. The van der Waals surface area contributed by atoms with Crippen LogP contribution in [-0.4, -0.2) is 37.0 Å². The fraction of sp³-hybridized carbons (Fsp3) is 0.312. The fourth-order valence-electron chi connectivity index (χ4n) is 1.68. The molecule has 0 saturated heterocycles. The highest BCUT2D eigenvalue weighted by molar-refractivity contribution is 6.32. The van der Waals surface area contributed by atoms with Crippen LogP contribution < -0.4 is 10.6 Å². The molecule has 24 heavy (non-hydrogen) atoms. The van der Waals surface area contributed by atoms with Crippen molar-refractivity contribution in [3.05, 3.63) is 40.7 Å². The highest BCUT2D eigenvalue weighted by Gasteiger charge is 2.15. The zero-order chi connectivity index (χ0) is 18.1. The van der Waals surface area contributed by atoms with E-state index in [-0.39, 0.29) is 16.5 Å². The summed E-state index contributed by atoms with van der Waals surface area (Å²) in [6, 6.07) is 3.37. The molecule has 130 valence electrons. The zero-order valence-corrected chi connectivity index (χ0v) is 14.0. The van der Waals surface area contributed by atoms with Crippen LogP contribution in [0.25, 0.3) is 6.08 Å². The quantitative estimate of drug-likeness (QED) is 0.575. The van der Waals surface area contributed by atoms with Gasteiger partial charge in [0.05, 0.1) is 5.02 Å². The number of hydrogen-bond acceptors (Lipinski definition) is 4. The number of carbonyl (C=O) groups excluding carboxylic acids is 3. The summed E-state index contributed by atoms with van der Waals surface area (Å²) in [6.07, 6.45) is 2.13. The molecule has 1 aromatic rings. The maximum Gasteiger partial charge on any atom is 0.331 e. The van der Waals surface area contributed by atoms with Crippen LogP contribution in [0.2, 0.25) is 5.02 Å². The Morgan fingerprint density at radius 2 is 2.08 bits per heavy atom. The summed E-state index contributed by atoms with van der Waals surface area (Å²) in [5.41, 5.74) is 0.0467. The Hall–Kier alpha value is -2.41. The number of rotatable bonds is 7. The molecule has 0 unspecified atom stereocenters. The van der Waals surface area contributed by atoms with Crippen LogP contribution in [0.1, 0.15) is 19.4 Å². The summed E-state index contributed by atoms with van der Waals surface area (Å²) in [5, 5.41) is 5.07. The minimum atomic E-state index is -0.838. The number of ether oxygens (including phenoxy) is 1. The van der Waals surface area contributed by atoms with Gasteiger partial charge in [0.25, 0.3) is 5.91 Å². The fourth-order valence-corrected chi connectivity index (χ4v) is 1.91. The minimum absolute atomic E-state index is 0.0467. The standard InChI is InChI=1S/C16H18ClFN2O4/c1-3-19-16(23)10(2)20-14(21)9-24-15(22)8-7-11-12(17)5-4-6-13(11)18/h4-8,10H,3,9H2,1-2H3,(H,19,23)(H,20,21)/b8-7+/t10-/m0/s1. The molecule has 2 N–H and O–H groups in total. The number of hydrogen-bond donors (Lipinski definition) is 2. The molecule has 0 radical (unpaired) electrons. The van der Waals surface area contributed by atoms with Crippen molar-refractivity contribution >= 4 is 35.5 Å². The second kappa shape index (κ2) is 9.67. The molecule has 0 fully saturated rings. The molecule has 0 bridgehead atoms. The van der Waals surface area contributed by atoms with Crippen LogP contribution in [-0.2, 0) is 19.1 Å². The average molecular weight is 357 g/mol. The third kappa shape index (κ3) is 6.37. The highest BCUT2D eigenvalue weighted by Crippen LogP contribution is 2.20. The molecule has 0 saturated carbocycles. The van der Waals surface area contributed by atoms with Gasteiger partial charge in [0.1, 0.15) is 11.9 Å². The maximum atomic E-state index is 13.5. The van der Waals surface area contributed by atoms with Crippen molar-refractivity contribution in [1.29, 1.82) is 0 Å². The van der Waals surface area contributed by atoms with Crippen molar-refractivity contribution in [2.75, 3.05) is 13.2 Å². The molecule has 2 amide bonds. The van der Waals surface area contributed by atoms with E-state index in [1.165, 1.54) is 25.1 Å². The molecule has 1 atom stereocenters. The number of esters is 1. The van der Waals surface area contributed by atoms with Crippen LogP contribution >= 0.6 is 11.6 Å². The van der Waals surface area contributed by atoms with Crippen LogP contribution in [0, 0.1) is 5.82 Å². The lowest BCUT2D eigenvalue weighted by molar-refractivity contribution is -0.144. The van der Waals surface area contributed by atoms with Crippen molar-refractivity contribution in [2.24, 2.45) is 0 Å². The van der Waals surface area contributed by atoms with E-state index in [0.29, 0.717) is 6.54 Å². The van der Waals surface area contributed by atoms with Crippen molar-refractivity contribution < 1.29 is 23.5 Å². The first-order chi connectivity index (χ1) is 11.3. The number of amides is 2. The van der Waals surface area contributed by atoms with Gasteiger partial charge in [0.2, 0.25) is 5.91 Å². The number of likely N-dealkylation sites (N-methyl/N-ethyl adjacent to an activating group) is 1. The summed E-state index contributed by atoms with van der Waals surface area (Å²) >= 11 is 5.81. The summed E-state index contributed by atoms with van der Waals surface area (Å²) in [6.45, 7) is 3.14. The van der Waals surface area contributed by atoms with Gasteiger partial charge >= 0.3 is 5.97 Å². The van der Waals surface area contributed by atoms with E-state index in [2.05, 4.69) is 10.6 Å². The molecule has 8 heteroatoms. The SMILES string of the molecule is CCNC(=O)[C@H](C)NC(=O)COC(=O)/C=C/c1c(F)cccc1Cl. The Morgan fingerprint density at radius 1 is 1.38 bits per heavy atom. The Morgan fingerprint density at radius 3 is 2.71 bits per heavy atom. The lowest BCUT2D eigenvalue weighted by Gasteiger charge is -2.12. The molecule has 6 nitrogen and oxygen atoms in total. The number of benzene rings is 1. The Kier molecular flexibility index (Phi) is 7.91. The molecule has 1 aromatic carbocycles. The third-order valence-electron chi connectivity index (χ3n) is 2.85. The first-order valence-corrected chi connectivity index (χ1v) is 7.58. The van der Waals surface area contributed by atoms with Gasteiger partial charge in [-0.3, -0.25) is 9.59 Å². The zero-order valence-electron chi connectivity index (χ0n) is 13.3. The van der Waals surface area contributed by atoms with Gasteiger partial charge in [-0.25, -0.2) is 9.18 Å². The van der Waals surface area contributed by atoms with Gasteiger partial charge in [0, 0.05) is 18.2 Å². The Labute approximate surface area is 144 Å². The van der Waals surface area contributed by atoms with Gasteiger partial charge in [0.15, 0.2) is 6.61 Å². The maximum absolute atomic E-state index is 13.5. The van der Waals surface area contributed by atoms with Crippen LogP contribution in [0.5, 0.6) is 0 Å². The smallest absolute Gasteiger partial charge is 0.331 e. The first kappa shape index (κ1) is 19.6. The second-order valence-electron chi connectivity index (χ2n) is 4.76. The highest BCUT2D eigenvalue weighted by atomic mass is 35.5. The monoisotopic (exact) mass is 356 g/mol. The number of halogens is 2. The largest absolute Gasteiger partial charge is 0.452 e. The second-order valence-corrected chi connectivity index (χ2v) is 5.17. The van der Waals surface area contributed by atoms with Crippen LogP contribution in [0.3, 0.4) is 0 Å². The normalized spacial score (nSPS) is 11.8. The lowest BCUT2D eigenvalue weighted by atomic mass is 10.2. The molecule has 0 spiro atoms. The van der Waals surface area contributed by atoms with Gasteiger partial charge in [-0.15, -0.1) is 0 Å². The molecule has 1 rings (SSSR count). The molecule has 0 aromatic heterocycles. The molecule has 0 aliphatic carbocycles. The van der Waals surface area contributed by atoms with Crippen molar-refractivity contribution in [2.45, 2.75) is 19.9 Å². The predicted octanol–water partition coefficient (Wildman–Crippen LogP) is 1.68. The first-order valence-electron chi connectivity index (χ1n) is 7.21. The van der Waals surface area contributed by atoms with Crippen LogP contribution in [0.4, 0.5) is 4.39 Å². The van der Waals surface area contributed by atoms with E-state index in [1.807, 2.05) is 0 Å². The topological polar surface area (TPSA) is 84.5 Å². The van der Waals surface area contributed by atoms with Gasteiger partial charge < -0.3 is 15.4 Å². The van der Waals surface area contributed by atoms with E-state index in [1.54, 1.807) is 6.92 Å². The summed E-state index contributed by atoms with van der Waals surface area (Å²) in [7, 11) is 0. The Bertz CT molecular complexity index is 629. The summed E-state index contributed by atoms with van der Waals surface area (Å²) < 4.78 is 18.2. The predicted molar refractivity (Wildman–Crippen MR) is 87.7 cm³/mol. The molecule has 0 aliphatic heterocycles. The summed E-state index contributed by atoms with van der Waals surface area (Å²) in [5.74, 6) is -2.39. The van der Waals surface area contributed by atoms with E-state index in [9.17, 15) is 18.8 Å². The van der Waals surface area contributed by atoms with E-state index in [4.69, 9.17) is 16.3 Å². The van der Waals surface area contributed by atoms with Gasteiger partial charge in [-0.2, -0.15) is 0 Å². The van der Waals surface area contributed by atoms with E-state index < -0.39 is 30.3 Å². The average Bonchev–Trinajstić information content (AvgIpc) is 2.52. The van der Waals surface area contributed by atoms with E-state index in [0.717, 1.165) is 12.2 Å².